The molecule has 0 fully saturated rings. The first-order chi connectivity index (χ1) is 9.13. The molecule has 1 amide bonds. The van der Waals surface area contributed by atoms with Gasteiger partial charge in [-0.3, -0.25) is 4.79 Å². The van der Waals surface area contributed by atoms with Gasteiger partial charge in [-0.15, -0.1) is 0 Å². The van der Waals surface area contributed by atoms with Crippen LogP contribution in [0.2, 0.25) is 0 Å². The van der Waals surface area contributed by atoms with Gasteiger partial charge >= 0.3 is 0 Å². The maximum atomic E-state index is 12.0. The highest BCUT2D eigenvalue weighted by Crippen LogP contribution is 2.31. The Hall–Kier alpha value is -2.63. The number of benzene rings is 1. The zero-order chi connectivity index (χ0) is 13.4. The number of fused-ring (bicyclic) bond motifs is 1. The van der Waals surface area contributed by atoms with Crippen LogP contribution in [-0.2, 0) is 17.8 Å². The Bertz CT molecular complexity index is 655. The second kappa shape index (κ2) is 4.24. The smallest absolute Gasteiger partial charge is 0.231 e. The molecule has 0 aliphatic carbocycles. The fourth-order valence-corrected chi connectivity index (χ4v) is 2.21. The van der Waals surface area contributed by atoms with Gasteiger partial charge in [-0.2, -0.15) is 0 Å². The van der Waals surface area contributed by atoms with E-state index in [1.807, 2.05) is 12.1 Å². The van der Waals surface area contributed by atoms with E-state index in [0.717, 1.165) is 11.3 Å². The van der Waals surface area contributed by atoms with Crippen molar-refractivity contribution >= 4 is 23.1 Å². The van der Waals surface area contributed by atoms with Gasteiger partial charge in [0.2, 0.25) is 5.91 Å². The van der Waals surface area contributed by atoms with Crippen molar-refractivity contribution in [1.82, 2.24) is 9.97 Å². The Kier molecular flexibility index (Phi) is 2.56. The Labute approximate surface area is 110 Å². The summed E-state index contributed by atoms with van der Waals surface area (Å²) in [6, 6.07) is 7.07. The highest BCUT2D eigenvalue weighted by molar-refractivity contribution is 6.01. The molecular weight excluding hydrogens is 242 g/mol. The average Bonchev–Trinajstić information content (AvgIpc) is 2.65. The number of carbonyl (C=O) groups excluding carboxylic acids is 1. The number of anilines is 3. The maximum Gasteiger partial charge on any atom is 0.231 e. The molecule has 1 aliphatic heterocycles. The number of nitrogens with two attached hydrogens (primary N) is 2. The van der Waals surface area contributed by atoms with Crippen LogP contribution < -0.4 is 16.4 Å². The first-order valence-electron chi connectivity index (χ1n) is 5.89. The van der Waals surface area contributed by atoms with Gasteiger partial charge < -0.3 is 16.4 Å². The number of carbonyl (C=O) groups is 1. The summed E-state index contributed by atoms with van der Waals surface area (Å²) in [6.45, 7) is 0.320. The molecule has 0 unspecified atom stereocenters. The summed E-state index contributed by atoms with van der Waals surface area (Å²) >= 11 is 0. The van der Waals surface area contributed by atoms with Gasteiger partial charge in [0.15, 0.2) is 0 Å². The molecular formula is C13H13N5O. The highest BCUT2D eigenvalue weighted by Gasteiger charge is 2.27. The topological polar surface area (TPSA) is 98.1 Å². The van der Waals surface area contributed by atoms with E-state index < -0.39 is 0 Å². The van der Waals surface area contributed by atoms with Crippen LogP contribution in [0.1, 0.15) is 11.4 Å². The van der Waals surface area contributed by atoms with Gasteiger partial charge in [0, 0.05) is 17.6 Å². The predicted molar refractivity (Wildman–Crippen MR) is 72.2 cm³/mol. The minimum Gasteiger partial charge on any atom is -0.399 e. The molecule has 1 aromatic carbocycles. The summed E-state index contributed by atoms with van der Waals surface area (Å²) in [6.07, 6.45) is 1.95. The lowest BCUT2D eigenvalue weighted by atomic mass is 10.1. The lowest BCUT2D eigenvalue weighted by molar-refractivity contribution is -0.117. The van der Waals surface area contributed by atoms with Crippen molar-refractivity contribution in [3.05, 3.63) is 41.9 Å². The van der Waals surface area contributed by atoms with Crippen molar-refractivity contribution in [3.63, 3.8) is 0 Å². The van der Waals surface area contributed by atoms with E-state index in [1.165, 1.54) is 0 Å². The molecule has 0 saturated heterocycles. The molecule has 0 saturated carbocycles. The number of aromatic nitrogens is 2. The van der Waals surface area contributed by atoms with E-state index in [1.54, 1.807) is 23.2 Å². The van der Waals surface area contributed by atoms with Crippen LogP contribution in [0.25, 0.3) is 0 Å². The SMILES string of the molecule is Nc1ccc2c(c1)CC(=O)N2Cc1nccc(N)n1. The Balaban J connectivity index is 1.92. The Morgan fingerprint density at radius 3 is 2.89 bits per heavy atom. The highest BCUT2D eigenvalue weighted by atomic mass is 16.2. The van der Waals surface area contributed by atoms with Crippen LogP contribution in [0, 0.1) is 0 Å². The second-order valence-corrected chi connectivity index (χ2v) is 4.44. The number of hydrogen-bond donors (Lipinski definition) is 2. The fourth-order valence-electron chi connectivity index (χ4n) is 2.21. The lowest BCUT2D eigenvalue weighted by Gasteiger charge is -2.16. The van der Waals surface area contributed by atoms with E-state index in [0.29, 0.717) is 30.3 Å². The molecule has 0 bridgehead atoms. The zero-order valence-corrected chi connectivity index (χ0v) is 10.2. The minimum absolute atomic E-state index is 0.0200. The summed E-state index contributed by atoms with van der Waals surface area (Å²) in [5.41, 5.74) is 13.8. The van der Waals surface area contributed by atoms with Crippen molar-refractivity contribution in [1.29, 1.82) is 0 Å². The minimum atomic E-state index is 0.0200. The molecule has 6 nitrogen and oxygen atoms in total. The molecule has 1 aromatic heterocycles. The molecule has 4 N–H and O–H groups in total. The standard InChI is InChI=1S/C13H13N5O/c14-9-1-2-10-8(5-9)6-13(19)18(10)7-12-16-4-3-11(15)17-12/h1-5H,6-7,14H2,(H2,15,16,17). The molecule has 2 heterocycles. The quantitative estimate of drug-likeness (QED) is 0.771. The van der Waals surface area contributed by atoms with Gasteiger partial charge in [0.25, 0.3) is 0 Å². The molecule has 19 heavy (non-hydrogen) atoms. The molecule has 0 spiro atoms. The average molecular weight is 255 g/mol. The maximum absolute atomic E-state index is 12.0. The van der Waals surface area contributed by atoms with E-state index >= 15 is 0 Å². The van der Waals surface area contributed by atoms with E-state index in [-0.39, 0.29) is 5.91 Å². The second-order valence-electron chi connectivity index (χ2n) is 4.44. The van der Waals surface area contributed by atoms with Crippen molar-refractivity contribution in [2.45, 2.75) is 13.0 Å². The van der Waals surface area contributed by atoms with Crippen LogP contribution in [-0.4, -0.2) is 15.9 Å². The summed E-state index contributed by atoms with van der Waals surface area (Å²) in [5, 5.41) is 0. The zero-order valence-electron chi connectivity index (χ0n) is 10.2. The number of amides is 1. The summed E-state index contributed by atoms with van der Waals surface area (Å²) in [4.78, 5) is 21.9. The van der Waals surface area contributed by atoms with Gasteiger partial charge in [0.05, 0.1) is 13.0 Å². The molecule has 1 aliphatic rings. The summed E-state index contributed by atoms with van der Waals surface area (Å²) < 4.78 is 0. The third kappa shape index (κ3) is 2.08. The van der Waals surface area contributed by atoms with Crippen molar-refractivity contribution in [2.75, 3.05) is 16.4 Å². The van der Waals surface area contributed by atoms with Crippen LogP contribution in [0.3, 0.4) is 0 Å². The lowest BCUT2D eigenvalue weighted by Crippen LogP contribution is -2.27. The van der Waals surface area contributed by atoms with E-state index in [2.05, 4.69) is 9.97 Å². The number of hydrogen-bond acceptors (Lipinski definition) is 5. The monoisotopic (exact) mass is 255 g/mol. The number of nitrogens with zero attached hydrogens (tertiary/aromatic N) is 3. The molecule has 6 heteroatoms. The molecule has 96 valence electrons. The number of rotatable bonds is 2. The Morgan fingerprint density at radius 1 is 1.26 bits per heavy atom. The van der Waals surface area contributed by atoms with Crippen LogP contribution in [0.5, 0.6) is 0 Å². The normalized spacial score (nSPS) is 13.7. The first kappa shape index (κ1) is 11.5. The van der Waals surface area contributed by atoms with Crippen molar-refractivity contribution in [2.24, 2.45) is 0 Å². The van der Waals surface area contributed by atoms with Crippen molar-refractivity contribution < 1.29 is 4.79 Å². The predicted octanol–water partition coefficient (Wildman–Crippen LogP) is 0.730. The van der Waals surface area contributed by atoms with Gasteiger partial charge in [-0.05, 0) is 29.8 Å². The van der Waals surface area contributed by atoms with E-state index in [9.17, 15) is 4.79 Å². The first-order valence-corrected chi connectivity index (χ1v) is 5.89. The van der Waals surface area contributed by atoms with Gasteiger partial charge in [-0.25, -0.2) is 9.97 Å². The largest absolute Gasteiger partial charge is 0.399 e. The fraction of sp³-hybridized carbons (Fsp3) is 0.154. The van der Waals surface area contributed by atoms with Gasteiger partial charge in [-0.1, -0.05) is 0 Å². The van der Waals surface area contributed by atoms with E-state index in [4.69, 9.17) is 11.5 Å². The van der Waals surface area contributed by atoms with Crippen LogP contribution in [0.4, 0.5) is 17.2 Å². The van der Waals surface area contributed by atoms with Gasteiger partial charge in [0.1, 0.15) is 11.6 Å². The third-order valence-electron chi connectivity index (χ3n) is 3.06. The third-order valence-corrected chi connectivity index (χ3v) is 3.06. The Morgan fingerprint density at radius 2 is 2.11 bits per heavy atom. The van der Waals surface area contributed by atoms with Crippen LogP contribution >= 0.6 is 0 Å². The van der Waals surface area contributed by atoms with Crippen molar-refractivity contribution in [3.8, 4) is 0 Å². The van der Waals surface area contributed by atoms with Crippen LogP contribution in [0.15, 0.2) is 30.5 Å². The molecule has 2 aromatic rings. The summed E-state index contributed by atoms with van der Waals surface area (Å²) in [7, 11) is 0. The molecule has 0 radical (unpaired) electrons. The number of nitrogen functional groups attached to an aromatic ring is 2. The summed E-state index contributed by atoms with van der Waals surface area (Å²) in [5.74, 6) is 0.943. The molecule has 0 atom stereocenters. The molecule has 3 rings (SSSR count).